The summed E-state index contributed by atoms with van der Waals surface area (Å²) in [7, 11) is 3.64. The molecule has 0 saturated carbocycles. The maximum Gasteiger partial charge on any atom is 0.120 e. The lowest BCUT2D eigenvalue weighted by Gasteiger charge is -2.08. The van der Waals surface area contributed by atoms with E-state index in [2.05, 4.69) is 33.3 Å². The average molecular weight is 324 g/mol. The Morgan fingerprint density at radius 2 is 2.21 bits per heavy atom. The average Bonchev–Trinajstić information content (AvgIpc) is 2.71. The molecule has 1 heterocycles. The number of anilines is 1. The number of ether oxygens (including phenoxy) is 1. The third-order valence-electron chi connectivity index (χ3n) is 3.03. The standard InChI is InChI=1S/C14H18BrN3O/c1-4-12-14(15)13(18(2)17-12)9-16-10-6-5-7-11(8-10)19-3/h5-8,16H,4,9H2,1-3H3. The monoisotopic (exact) mass is 323 g/mol. The molecule has 1 aromatic carbocycles. The molecular formula is C14H18BrN3O. The minimum Gasteiger partial charge on any atom is -0.497 e. The summed E-state index contributed by atoms with van der Waals surface area (Å²) in [5.41, 5.74) is 3.26. The van der Waals surface area contributed by atoms with Gasteiger partial charge in [-0.2, -0.15) is 5.10 Å². The smallest absolute Gasteiger partial charge is 0.120 e. The van der Waals surface area contributed by atoms with Gasteiger partial charge in [0.25, 0.3) is 0 Å². The molecule has 5 heteroatoms. The van der Waals surface area contributed by atoms with E-state index in [4.69, 9.17) is 4.74 Å². The quantitative estimate of drug-likeness (QED) is 0.917. The number of halogens is 1. The SMILES string of the molecule is CCc1nn(C)c(CNc2cccc(OC)c2)c1Br. The Bertz CT molecular complexity index is 566. The zero-order chi connectivity index (χ0) is 13.8. The second-order valence-corrected chi connectivity index (χ2v) is 5.06. The van der Waals surface area contributed by atoms with Crippen molar-refractivity contribution in [3.05, 3.63) is 40.1 Å². The number of benzene rings is 1. The van der Waals surface area contributed by atoms with Crippen molar-refractivity contribution in [1.82, 2.24) is 9.78 Å². The largest absolute Gasteiger partial charge is 0.497 e. The topological polar surface area (TPSA) is 39.1 Å². The second-order valence-electron chi connectivity index (χ2n) is 4.27. The fourth-order valence-corrected chi connectivity index (χ4v) is 2.69. The van der Waals surface area contributed by atoms with E-state index in [-0.39, 0.29) is 0 Å². The lowest BCUT2D eigenvalue weighted by atomic mass is 10.2. The zero-order valence-corrected chi connectivity index (χ0v) is 13.0. The molecule has 0 aliphatic heterocycles. The summed E-state index contributed by atoms with van der Waals surface area (Å²) >= 11 is 3.62. The predicted octanol–water partition coefficient (Wildman–Crippen LogP) is 3.37. The van der Waals surface area contributed by atoms with E-state index in [1.807, 2.05) is 36.0 Å². The minimum absolute atomic E-state index is 0.719. The minimum atomic E-state index is 0.719. The van der Waals surface area contributed by atoms with Crippen LogP contribution in [-0.2, 0) is 20.0 Å². The third kappa shape index (κ3) is 3.10. The number of hydrogen-bond acceptors (Lipinski definition) is 3. The van der Waals surface area contributed by atoms with Gasteiger partial charge in [-0.1, -0.05) is 13.0 Å². The predicted molar refractivity (Wildman–Crippen MR) is 80.6 cm³/mol. The summed E-state index contributed by atoms with van der Waals surface area (Å²) in [6.45, 7) is 2.82. The number of rotatable bonds is 5. The molecule has 0 atom stereocenters. The van der Waals surface area contributed by atoms with Gasteiger partial charge in [-0.05, 0) is 34.5 Å². The van der Waals surface area contributed by atoms with Gasteiger partial charge in [-0.15, -0.1) is 0 Å². The van der Waals surface area contributed by atoms with Gasteiger partial charge in [-0.25, -0.2) is 0 Å². The highest BCUT2D eigenvalue weighted by Crippen LogP contribution is 2.23. The summed E-state index contributed by atoms with van der Waals surface area (Å²) in [5, 5.41) is 7.86. The summed E-state index contributed by atoms with van der Waals surface area (Å²) in [4.78, 5) is 0. The molecule has 0 fully saturated rings. The van der Waals surface area contributed by atoms with Crippen molar-refractivity contribution >= 4 is 21.6 Å². The third-order valence-corrected chi connectivity index (χ3v) is 3.95. The van der Waals surface area contributed by atoms with E-state index in [9.17, 15) is 0 Å². The van der Waals surface area contributed by atoms with Crippen LogP contribution in [0.5, 0.6) is 5.75 Å². The number of aryl methyl sites for hydroxylation is 2. The summed E-state index contributed by atoms with van der Waals surface area (Å²) in [6, 6.07) is 7.90. The first-order valence-corrected chi connectivity index (χ1v) is 7.03. The van der Waals surface area contributed by atoms with Crippen LogP contribution in [0.25, 0.3) is 0 Å². The Morgan fingerprint density at radius 3 is 2.84 bits per heavy atom. The maximum absolute atomic E-state index is 5.21. The van der Waals surface area contributed by atoms with Crippen LogP contribution in [-0.4, -0.2) is 16.9 Å². The fourth-order valence-electron chi connectivity index (χ4n) is 1.93. The van der Waals surface area contributed by atoms with Crippen molar-refractivity contribution in [3.8, 4) is 5.75 Å². The lowest BCUT2D eigenvalue weighted by Crippen LogP contribution is -2.06. The highest BCUT2D eigenvalue weighted by Gasteiger charge is 2.11. The molecule has 1 N–H and O–H groups in total. The molecule has 0 bridgehead atoms. The maximum atomic E-state index is 5.21. The summed E-state index contributed by atoms with van der Waals surface area (Å²) < 4.78 is 8.21. The molecule has 2 rings (SSSR count). The van der Waals surface area contributed by atoms with Crippen molar-refractivity contribution < 1.29 is 4.74 Å². The number of nitrogens with one attached hydrogen (secondary N) is 1. The molecule has 0 unspecified atom stereocenters. The molecule has 0 spiro atoms. The molecule has 0 aliphatic rings. The van der Waals surface area contributed by atoms with Crippen LogP contribution in [0.1, 0.15) is 18.3 Å². The number of aromatic nitrogens is 2. The molecule has 0 amide bonds. The molecule has 1 aromatic heterocycles. The fraction of sp³-hybridized carbons (Fsp3) is 0.357. The first-order chi connectivity index (χ1) is 9.15. The molecule has 0 radical (unpaired) electrons. The second kappa shape index (κ2) is 6.10. The van der Waals surface area contributed by atoms with Gasteiger partial charge in [0.15, 0.2) is 0 Å². The molecule has 0 aliphatic carbocycles. The Balaban J connectivity index is 2.12. The van der Waals surface area contributed by atoms with Crippen molar-refractivity contribution in [3.63, 3.8) is 0 Å². The van der Waals surface area contributed by atoms with E-state index in [1.165, 1.54) is 0 Å². The van der Waals surface area contributed by atoms with Crippen molar-refractivity contribution in [2.75, 3.05) is 12.4 Å². The van der Waals surface area contributed by atoms with Gasteiger partial charge < -0.3 is 10.1 Å². The highest BCUT2D eigenvalue weighted by atomic mass is 79.9. The van der Waals surface area contributed by atoms with Crippen molar-refractivity contribution in [2.45, 2.75) is 19.9 Å². The van der Waals surface area contributed by atoms with E-state index in [0.717, 1.165) is 40.3 Å². The van der Waals surface area contributed by atoms with Gasteiger partial charge >= 0.3 is 0 Å². The molecule has 102 valence electrons. The molecular weight excluding hydrogens is 306 g/mol. The van der Waals surface area contributed by atoms with Crippen LogP contribution < -0.4 is 10.1 Å². The van der Waals surface area contributed by atoms with Gasteiger partial charge in [0.1, 0.15) is 5.75 Å². The van der Waals surface area contributed by atoms with E-state index in [0.29, 0.717) is 0 Å². The Kier molecular flexibility index (Phi) is 4.47. The van der Waals surface area contributed by atoms with Crippen molar-refractivity contribution in [1.29, 1.82) is 0 Å². The van der Waals surface area contributed by atoms with Crippen LogP contribution in [0.3, 0.4) is 0 Å². The van der Waals surface area contributed by atoms with Crippen LogP contribution in [0, 0.1) is 0 Å². The van der Waals surface area contributed by atoms with Crippen LogP contribution >= 0.6 is 15.9 Å². The van der Waals surface area contributed by atoms with Gasteiger partial charge in [0.05, 0.1) is 29.5 Å². The lowest BCUT2D eigenvalue weighted by molar-refractivity contribution is 0.415. The first-order valence-electron chi connectivity index (χ1n) is 6.23. The van der Waals surface area contributed by atoms with Gasteiger partial charge in [0, 0.05) is 18.8 Å². The Morgan fingerprint density at radius 1 is 1.42 bits per heavy atom. The van der Waals surface area contributed by atoms with Gasteiger partial charge in [0.2, 0.25) is 0 Å². The summed E-state index contributed by atoms with van der Waals surface area (Å²) in [6.07, 6.45) is 0.924. The molecule has 19 heavy (non-hydrogen) atoms. The molecule has 0 saturated heterocycles. The van der Waals surface area contributed by atoms with E-state index < -0.39 is 0 Å². The number of methoxy groups -OCH3 is 1. The van der Waals surface area contributed by atoms with Crippen LogP contribution in [0.15, 0.2) is 28.7 Å². The molecule has 2 aromatic rings. The number of nitrogens with zero attached hydrogens (tertiary/aromatic N) is 2. The zero-order valence-electron chi connectivity index (χ0n) is 11.4. The van der Waals surface area contributed by atoms with Crippen molar-refractivity contribution in [2.24, 2.45) is 7.05 Å². The van der Waals surface area contributed by atoms with Crippen LogP contribution in [0.4, 0.5) is 5.69 Å². The highest BCUT2D eigenvalue weighted by molar-refractivity contribution is 9.10. The van der Waals surface area contributed by atoms with E-state index >= 15 is 0 Å². The van der Waals surface area contributed by atoms with E-state index in [1.54, 1.807) is 7.11 Å². The molecule has 4 nitrogen and oxygen atoms in total. The normalized spacial score (nSPS) is 10.5. The number of hydrogen-bond donors (Lipinski definition) is 1. The Labute approximate surface area is 121 Å². The first kappa shape index (κ1) is 13.9. The van der Waals surface area contributed by atoms with Crippen LogP contribution in [0.2, 0.25) is 0 Å². The van der Waals surface area contributed by atoms with Gasteiger partial charge in [-0.3, -0.25) is 4.68 Å². The Hall–Kier alpha value is -1.49. The summed E-state index contributed by atoms with van der Waals surface area (Å²) in [5.74, 6) is 0.850.